The van der Waals surface area contributed by atoms with Crippen LogP contribution in [0.4, 0.5) is 17.6 Å². The van der Waals surface area contributed by atoms with Crippen molar-refractivity contribution in [2.75, 3.05) is 13.2 Å². The summed E-state index contributed by atoms with van der Waals surface area (Å²) in [5.74, 6) is -0.320. The maximum atomic E-state index is 15.0. The highest BCUT2D eigenvalue weighted by Gasteiger charge is 2.22. The van der Waals surface area contributed by atoms with E-state index in [0.717, 1.165) is 62.5 Å². The summed E-state index contributed by atoms with van der Waals surface area (Å²) in [7, 11) is 0. The molecule has 0 spiro atoms. The molecular formula is C44H46F4O. The molecule has 5 heteroatoms. The Hall–Kier alpha value is -3.96. The fourth-order valence-electron chi connectivity index (χ4n) is 7.74. The summed E-state index contributed by atoms with van der Waals surface area (Å²) in [4.78, 5) is 0. The van der Waals surface area contributed by atoms with Gasteiger partial charge in [0.2, 0.25) is 0 Å². The van der Waals surface area contributed by atoms with Crippen molar-refractivity contribution in [2.24, 2.45) is 11.8 Å². The molecule has 2 aliphatic carbocycles. The van der Waals surface area contributed by atoms with E-state index in [1.165, 1.54) is 35.4 Å². The Kier molecular flexibility index (Phi) is 11.5. The van der Waals surface area contributed by atoms with E-state index in [-0.39, 0.29) is 37.2 Å². The van der Waals surface area contributed by atoms with Gasteiger partial charge in [0.15, 0.2) is 0 Å². The average molecular weight is 667 g/mol. The first-order chi connectivity index (χ1) is 23.8. The zero-order valence-corrected chi connectivity index (χ0v) is 28.2. The van der Waals surface area contributed by atoms with E-state index >= 15 is 17.6 Å². The molecule has 0 aliphatic heterocycles. The van der Waals surface area contributed by atoms with Crippen molar-refractivity contribution in [1.82, 2.24) is 0 Å². The molecule has 0 heterocycles. The van der Waals surface area contributed by atoms with E-state index in [0.29, 0.717) is 34.8 Å². The summed E-state index contributed by atoms with van der Waals surface area (Å²) >= 11 is 0. The van der Waals surface area contributed by atoms with Crippen molar-refractivity contribution >= 4 is 0 Å². The highest BCUT2D eigenvalue weighted by Crippen LogP contribution is 2.38. The van der Waals surface area contributed by atoms with Crippen molar-refractivity contribution in [3.63, 3.8) is 0 Å². The molecule has 6 rings (SSSR count). The number of hydrogen-bond acceptors (Lipinski definition) is 1. The molecule has 0 N–H and O–H groups in total. The van der Waals surface area contributed by atoms with Gasteiger partial charge in [0, 0.05) is 24.0 Å². The van der Waals surface area contributed by atoms with Crippen LogP contribution in [0.1, 0.15) is 85.5 Å². The lowest BCUT2D eigenvalue weighted by molar-refractivity contribution is 0.138. The Morgan fingerprint density at radius 2 is 0.816 bits per heavy atom. The normalized spacial score (nSPS) is 21.0. The standard InChI is InChI=1S/C44H46F4O/c1-3-29-5-9-31(10-6-29)33-13-17-35(18-14-33)37-25-41(45)39(42(46)26-37)21-23-49-24-22-40-43(47)27-38(28-44(40)48)36-19-15-34(16-20-36)32-11-7-30(4-2)8-12-32/h3-4,13-20,25-32H,1-2,5-12,21-24H2. The number of hydrogen-bond donors (Lipinski definition) is 0. The number of halogens is 4. The molecule has 2 saturated carbocycles. The van der Waals surface area contributed by atoms with Crippen LogP contribution in [0.2, 0.25) is 0 Å². The topological polar surface area (TPSA) is 9.23 Å². The molecule has 0 amide bonds. The maximum absolute atomic E-state index is 15.0. The second-order valence-electron chi connectivity index (χ2n) is 13.9. The van der Waals surface area contributed by atoms with Crippen molar-refractivity contribution < 1.29 is 22.3 Å². The van der Waals surface area contributed by atoms with E-state index < -0.39 is 23.3 Å². The van der Waals surface area contributed by atoms with Gasteiger partial charge in [-0.25, -0.2) is 17.6 Å². The van der Waals surface area contributed by atoms with Crippen LogP contribution >= 0.6 is 0 Å². The van der Waals surface area contributed by atoms with E-state index in [2.05, 4.69) is 49.6 Å². The zero-order valence-electron chi connectivity index (χ0n) is 28.2. The number of ether oxygens (including phenoxy) is 1. The Bertz CT molecular complexity index is 1550. The largest absolute Gasteiger partial charge is 0.381 e. The fourth-order valence-corrected chi connectivity index (χ4v) is 7.74. The van der Waals surface area contributed by atoms with Crippen molar-refractivity contribution in [3.8, 4) is 22.3 Å². The fraction of sp³-hybridized carbons (Fsp3) is 0.364. The molecule has 49 heavy (non-hydrogen) atoms. The minimum atomic E-state index is -0.633. The zero-order chi connectivity index (χ0) is 34.3. The minimum Gasteiger partial charge on any atom is -0.381 e. The van der Waals surface area contributed by atoms with Gasteiger partial charge >= 0.3 is 0 Å². The van der Waals surface area contributed by atoms with Gasteiger partial charge in [-0.2, -0.15) is 0 Å². The van der Waals surface area contributed by atoms with Crippen molar-refractivity contribution in [2.45, 2.75) is 76.0 Å². The summed E-state index contributed by atoms with van der Waals surface area (Å²) < 4.78 is 65.7. The second-order valence-corrected chi connectivity index (χ2v) is 13.9. The summed E-state index contributed by atoms with van der Waals surface area (Å²) in [6.45, 7) is 7.89. The Morgan fingerprint density at radius 1 is 0.490 bits per heavy atom. The molecule has 2 aliphatic rings. The van der Waals surface area contributed by atoms with Crippen molar-refractivity contribution in [1.29, 1.82) is 0 Å². The Balaban J connectivity index is 0.993. The summed E-state index contributed by atoms with van der Waals surface area (Å²) in [5, 5.41) is 0. The van der Waals surface area contributed by atoms with Crippen LogP contribution in [0.5, 0.6) is 0 Å². The molecule has 0 bridgehead atoms. The lowest BCUT2D eigenvalue weighted by Crippen LogP contribution is -2.11. The molecule has 0 aromatic heterocycles. The van der Waals surface area contributed by atoms with Crippen molar-refractivity contribution in [3.05, 3.63) is 144 Å². The molecule has 256 valence electrons. The minimum absolute atomic E-state index is 0.0137. The first kappa shape index (κ1) is 34.9. The van der Waals surface area contributed by atoms with Crippen LogP contribution in [-0.2, 0) is 17.6 Å². The average Bonchev–Trinajstić information content (AvgIpc) is 3.13. The van der Waals surface area contributed by atoms with Crippen LogP contribution in [0.15, 0.2) is 98.1 Å². The third-order valence-corrected chi connectivity index (χ3v) is 10.9. The molecule has 2 fully saturated rings. The van der Waals surface area contributed by atoms with Crippen LogP contribution in [0.3, 0.4) is 0 Å². The molecular weight excluding hydrogens is 620 g/mol. The molecule has 1 nitrogen and oxygen atoms in total. The smallest absolute Gasteiger partial charge is 0.130 e. The SMILES string of the molecule is C=CC1CCC(c2ccc(-c3cc(F)c(CCOCCc4c(F)cc(-c5ccc(C6CCC(C=C)CC6)cc5)cc4F)c(F)c3)cc2)CC1. The van der Waals surface area contributed by atoms with E-state index in [1.807, 2.05) is 24.3 Å². The van der Waals surface area contributed by atoms with Gasteiger partial charge in [0.1, 0.15) is 23.3 Å². The van der Waals surface area contributed by atoms with Gasteiger partial charge in [0.05, 0.1) is 13.2 Å². The predicted octanol–water partition coefficient (Wildman–Crippen LogP) is 12.3. The molecule has 4 aromatic rings. The van der Waals surface area contributed by atoms with Gasteiger partial charge in [0.25, 0.3) is 0 Å². The van der Waals surface area contributed by atoms with E-state index in [1.54, 1.807) is 0 Å². The Labute approximate surface area is 288 Å². The van der Waals surface area contributed by atoms with Crippen LogP contribution in [0.25, 0.3) is 22.3 Å². The van der Waals surface area contributed by atoms with Gasteiger partial charge in [-0.1, -0.05) is 60.7 Å². The molecule has 0 atom stereocenters. The summed E-state index contributed by atoms with van der Waals surface area (Å²) in [6.07, 6.45) is 13.2. The third-order valence-electron chi connectivity index (χ3n) is 10.9. The number of rotatable bonds is 12. The van der Waals surface area contributed by atoms with Gasteiger partial charge in [-0.05, 0) is 133 Å². The highest BCUT2D eigenvalue weighted by molar-refractivity contribution is 5.65. The van der Waals surface area contributed by atoms with Gasteiger partial charge in [-0.3, -0.25) is 0 Å². The van der Waals surface area contributed by atoms with Gasteiger partial charge in [-0.15, -0.1) is 13.2 Å². The van der Waals surface area contributed by atoms with Crippen LogP contribution in [-0.4, -0.2) is 13.2 Å². The molecule has 0 unspecified atom stereocenters. The molecule has 4 aromatic carbocycles. The monoisotopic (exact) mass is 666 g/mol. The highest BCUT2D eigenvalue weighted by atomic mass is 19.1. The number of benzene rings is 4. The first-order valence-electron chi connectivity index (χ1n) is 17.8. The Morgan fingerprint density at radius 3 is 1.12 bits per heavy atom. The molecule has 0 saturated heterocycles. The predicted molar refractivity (Wildman–Crippen MR) is 192 cm³/mol. The van der Waals surface area contributed by atoms with Crippen LogP contribution < -0.4 is 0 Å². The van der Waals surface area contributed by atoms with E-state index in [9.17, 15) is 0 Å². The van der Waals surface area contributed by atoms with E-state index in [4.69, 9.17) is 4.74 Å². The maximum Gasteiger partial charge on any atom is 0.130 e. The second kappa shape index (κ2) is 16.2. The van der Waals surface area contributed by atoms with Crippen LogP contribution in [0, 0.1) is 35.1 Å². The quantitative estimate of drug-likeness (QED) is 0.0831. The summed E-state index contributed by atoms with van der Waals surface area (Å²) in [5.41, 5.74) is 4.90. The first-order valence-corrected chi connectivity index (χ1v) is 17.8. The van der Waals surface area contributed by atoms with Gasteiger partial charge < -0.3 is 4.74 Å². The summed E-state index contributed by atoms with van der Waals surface area (Å²) in [6, 6.07) is 21.4. The molecule has 0 radical (unpaired) electrons. The third kappa shape index (κ3) is 8.44. The lowest BCUT2D eigenvalue weighted by Gasteiger charge is -2.27. The number of allylic oxidation sites excluding steroid dienone is 2. The lowest BCUT2D eigenvalue weighted by atomic mass is 9.78.